The molecule has 4 nitrogen and oxygen atoms in total. The zero-order valence-electron chi connectivity index (χ0n) is 9.85. The van der Waals surface area contributed by atoms with Crippen LogP contribution in [0.4, 0.5) is 0 Å². The summed E-state index contributed by atoms with van der Waals surface area (Å²) in [5, 5.41) is 12.1. The first-order valence-electron chi connectivity index (χ1n) is 5.93. The topological polar surface area (TPSA) is 61.6 Å². The molecule has 2 aromatic rings. The fourth-order valence-corrected chi connectivity index (χ4v) is 2.07. The third kappa shape index (κ3) is 1.96. The lowest BCUT2D eigenvalue weighted by molar-refractivity contribution is 0.626. The first kappa shape index (κ1) is 10.9. The van der Waals surface area contributed by atoms with Gasteiger partial charge in [0.1, 0.15) is 0 Å². The second kappa shape index (κ2) is 4.55. The predicted octanol–water partition coefficient (Wildman–Crippen LogP) is 1.66. The Morgan fingerprint density at radius 2 is 2.06 bits per heavy atom. The maximum atomic E-state index is 8.77. The van der Waals surface area contributed by atoms with E-state index in [0.717, 1.165) is 36.6 Å². The number of rotatable bonds is 1. The van der Waals surface area contributed by atoms with E-state index in [1.54, 1.807) is 12.1 Å². The number of benzene rings is 1. The van der Waals surface area contributed by atoms with Gasteiger partial charge in [0.25, 0.3) is 0 Å². The van der Waals surface area contributed by atoms with E-state index >= 15 is 0 Å². The summed E-state index contributed by atoms with van der Waals surface area (Å²) in [6.45, 7) is 1.82. The molecule has 18 heavy (non-hydrogen) atoms. The molecule has 0 spiro atoms. The van der Waals surface area contributed by atoms with E-state index in [4.69, 9.17) is 5.26 Å². The van der Waals surface area contributed by atoms with E-state index in [-0.39, 0.29) is 0 Å². The van der Waals surface area contributed by atoms with Crippen molar-refractivity contribution in [3.63, 3.8) is 0 Å². The maximum Gasteiger partial charge on any atom is 0.159 e. The zero-order chi connectivity index (χ0) is 12.4. The Hall–Kier alpha value is -2.25. The number of nitrogens with one attached hydrogen (secondary N) is 1. The molecule has 0 atom stereocenters. The third-order valence-corrected chi connectivity index (χ3v) is 3.08. The Kier molecular flexibility index (Phi) is 2.75. The predicted molar refractivity (Wildman–Crippen MR) is 67.6 cm³/mol. The second-order valence-corrected chi connectivity index (χ2v) is 4.28. The van der Waals surface area contributed by atoms with Crippen molar-refractivity contribution >= 4 is 0 Å². The van der Waals surface area contributed by atoms with Crippen molar-refractivity contribution in [2.75, 3.05) is 6.54 Å². The quantitative estimate of drug-likeness (QED) is 0.818. The van der Waals surface area contributed by atoms with E-state index in [9.17, 15) is 0 Å². The van der Waals surface area contributed by atoms with Crippen LogP contribution in [-0.2, 0) is 13.0 Å². The smallest absolute Gasteiger partial charge is 0.159 e. The fourth-order valence-electron chi connectivity index (χ4n) is 2.07. The molecular formula is C14H12N4. The molecule has 1 aliphatic rings. The van der Waals surface area contributed by atoms with Crippen LogP contribution in [-0.4, -0.2) is 16.5 Å². The number of aromatic nitrogens is 2. The highest BCUT2D eigenvalue weighted by Gasteiger charge is 2.12. The van der Waals surface area contributed by atoms with Gasteiger partial charge in [-0.05, 0) is 24.3 Å². The van der Waals surface area contributed by atoms with Crippen molar-refractivity contribution in [2.45, 2.75) is 13.0 Å². The summed E-state index contributed by atoms with van der Waals surface area (Å²) in [7, 11) is 0. The molecule has 88 valence electrons. The molecule has 1 aromatic carbocycles. The van der Waals surface area contributed by atoms with Gasteiger partial charge < -0.3 is 5.32 Å². The lowest BCUT2D eigenvalue weighted by Crippen LogP contribution is -2.24. The number of nitriles is 1. The van der Waals surface area contributed by atoms with E-state index < -0.39 is 0 Å². The van der Waals surface area contributed by atoms with E-state index in [1.165, 1.54) is 5.56 Å². The molecule has 0 radical (unpaired) electrons. The molecular weight excluding hydrogens is 224 g/mol. The minimum absolute atomic E-state index is 0.654. The zero-order valence-corrected chi connectivity index (χ0v) is 9.85. The average Bonchev–Trinajstić information content (AvgIpc) is 2.47. The van der Waals surface area contributed by atoms with Gasteiger partial charge in [-0.15, -0.1) is 0 Å². The SMILES string of the molecule is N#Cc1ccc(-c2ncc3c(n2)CCNC3)cc1. The second-order valence-electron chi connectivity index (χ2n) is 4.28. The van der Waals surface area contributed by atoms with Crippen LogP contribution in [0.25, 0.3) is 11.4 Å². The van der Waals surface area contributed by atoms with Crippen LogP contribution in [0, 0.1) is 11.3 Å². The molecule has 0 aliphatic carbocycles. The van der Waals surface area contributed by atoms with Crippen LogP contribution < -0.4 is 5.32 Å². The Morgan fingerprint density at radius 1 is 1.22 bits per heavy atom. The molecule has 1 aromatic heterocycles. The molecule has 0 saturated carbocycles. The largest absolute Gasteiger partial charge is 0.312 e. The number of fused-ring (bicyclic) bond motifs is 1. The summed E-state index contributed by atoms with van der Waals surface area (Å²) >= 11 is 0. The Morgan fingerprint density at radius 3 is 2.83 bits per heavy atom. The molecule has 0 unspecified atom stereocenters. The minimum Gasteiger partial charge on any atom is -0.312 e. The standard InChI is InChI=1S/C14H12N4/c15-7-10-1-3-11(4-2-10)14-17-9-12-8-16-6-5-13(12)18-14/h1-4,9,16H,5-6,8H2. The van der Waals surface area contributed by atoms with Crippen molar-refractivity contribution in [1.29, 1.82) is 5.26 Å². The Labute approximate surface area is 105 Å². The molecule has 2 heterocycles. The van der Waals surface area contributed by atoms with Crippen LogP contribution in [0.15, 0.2) is 30.5 Å². The van der Waals surface area contributed by atoms with Crippen LogP contribution in [0.1, 0.15) is 16.8 Å². The molecule has 0 amide bonds. The van der Waals surface area contributed by atoms with E-state index in [1.807, 2.05) is 18.3 Å². The molecule has 0 fully saturated rings. The number of hydrogen-bond donors (Lipinski definition) is 1. The van der Waals surface area contributed by atoms with Gasteiger partial charge >= 0.3 is 0 Å². The minimum atomic E-state index is 0.654. The van der Waals surface area contributed by atoms with E-state index in [2.05, 4.69) is 21.4 Å². The van der Waals surface area contributed by atoms with Gasteiger partial charge in [0.05, 0.1) is 17.3 Å². The first-order valence-corrected chi connectivity index (χ1v) is 5.93. The van der Waals surface area contributed by atoms with Gasteiger partial charge in [0.15, 0.2) is 5.82 Å². The van der Waals surface area contributed by atoms with Crippen molar-refractivity contribution in [3.05, 3.63) is 47.3 Å². The third-order valence-electron chi connectivity index (χ3n) is 3.08. The summed E-state index contributed by atoms with van der Waals surface area (Å²) < 4.78 is 0. The van der Waals surface area contributed by atoms with Crippen molar-refractivity contribution < 1.29 is 0 Å². The molecule has 1 aliphatic heterocycles. The highest BCUT2D eigenvalue weighted by atomic mass is 14.9. The summed E-state index contributed by atoms with van der Waals surface area (Å²) in [6.07, 6.45) is 2.84. The highest BCUT2D eigenvalue weighted by Crippen LogP contribution is 2.18. The monoisotopic (exact) mass is 236 g/mol. The van der Waals surface area contributed by atoms with Crippen molar-refractivity contribution in [1.82, 2.24) is 15.3 Å². The van der Waals surface area contributed by atoms with E-state index in [0.29, 0.717) is 5.56 Å². The molecule has 0 bridgehead atoms. The summed E-state index contributed by atoms with van der Waals surface area (Å²) in [6, 6.07) is 9.47. The van der Waals surface area contributed by atoms with Gasteiger partial charge in [-0.3, -0.25) is 0 Å². The molecule has 3 rings (SSSR count). The van der Waals surface area contributed by atoms with Gasteiger partial charge in [-0.25, -0.2) is 9.97 Å². The lowest BCUT2D eigenvalue weighted by Gasteiger charge is -2.16. The average molecular weight is 236 g/mol. The summed E-state index contributed by atoms with van der Waals surface area (Å²) in [4.78, 5) is 8.99. The molecule has 4 heteroatoms. The normalized spacial score (nSPS) is 13.7. The van der Waals surface area contributed by atoms with Gasteiger partial charge in [0, 0.05) is 36.8 Å². The number of hydrogen-bond acceptors (Lipinski definition) is 4. The van der Waals surface area contributed by atoms with Gasteiger partial charge in [0.2, 0.25) is 0 Å². The summed E-state index contributed by atoms with van der Waals surface area (Å²) in [5.41, 5.74) is 3.91. The number of nitrogens with zero attached hydrogens (tertiary/aromatic N) is 3. The molecule has 0 saturated heterocycles. The van der Waals surface area contributed by atoms with Gasteiger partial charge in [-0.2, -0.15) is 5.26 Å². The van der Waals surface area contributed by atoms with Crippen LogP contribution in [0.5, 0.6) is 0 Å². The highest BCUT2D eigenvalue weighted by molar-refractivity contribution is 5.56. The van der Waals surface area contributed by atoms with Crippen LogP contribution in [0.2, 0.25) is 0 Å². The first-order chi connectivity index (χ1) is 8.86. The maximum absolute atomic E-state index is 8.77. The lowest BCUT2D eigenvalue weighted by atomic mass is 10.1. The Bertz CT molecular complexity index is 611. The van der Waals surface area contributed by atoms with Crippen molar-refractivity contribution in [3.8, 4) is 17.5 Å². The van der Waals surface area contributed by atoms with Crippen LogP contribution >= 0.6 is 0 Å². The van der Waals surface area contributed by atoms with Crippen molar-refractivity contribution in [2.24, 2.45) is 0 Å². The molecule has 1 N–H and O–H groups in total. The van der Waals surface area contributed by atoms with Gasteiger partial charge in [-0.1, -0.05) is 0 Å². The van der Waals surface area contributed by atoms with Crippen LogP contribution in [0.3, 0.4) is 0 Å². The Balaban J connectivity index is 1.98. The fraction of sp³-hybridized carbons (Fsp3) is 0.214. The summed E-state index contributed by atoms with van der Waals surface area (Å²) in [5.74, 6) is 0.736.